The Bertz CT molecular complexity index is 526. The van der Waals surface area contributed by atoms with Crippen molar-refractivity contribution in [1.29, 1.82) is 0 Å². The van der Waals surface area contributed by atoms with Gasteiger partial charge in [0.25, 0.3) is 5.69 Å². The normalized spacial score (nSPS) is 17.5. The molecule has 0 bridgehead atoms. The van der Waals surface area contributed by atoms with Crippen molar-refractivity contribution in [3.05, 3.63) is 33.9 Å². The summed E-state index contributed by atoms with van der Waals surface area (Å²) < 4.78 is 0. The van der Waals surface area contributed by atoms with Gasteiger partial charge in [-0.3, -0.25) is 10.1 Å². The van der Waals surface area contributed by atoms with E-state index in [1.165, 1.54) is 5.56 Å². The minimum Gasteiger partial charge on any atom is -0.370 e. The second-order valence-electron chi connectivity index (χ2n) is 6.74. The van der Waals surface area contributed by atoms with Gasteiger partial charge in [-0.1, -0.05) is 13.8 Å². The molecule has 1 aromatic carbocycles. The largest absolute Gasteiger partial charge is 0.370 e. The van der Waals surface area contributed by atoms with E-state index in [1.807, 2.05) is 6.07 Å². The average Bonchev–Trinajstić information content (AvgIpc) is 2.53. The third kappa shape index (κ3) is 3.53. The molecule has 0 N–H and O–H groups in total. The number of fused-ring (bicyclic) bond motifs is 1. The molecule has 5 nitrogen and oxygen atoms in total. The second kappa shape index (κ2) is 6.02. The summed E-state index contributed by atoms with van der Waals surface area (Å²) in [5, 5.41) is 11.1. The van der Waals surface area contributed by atoms with Crippen LogP contribution in [0.5, 0.6) is 0 Å². The molecule has 0 radical (unpaired) electrons. The molecule has 0 saturated heterocycles. The van der Waals surface area contributed by atoms with Crippen LogP contribution in [0.25, 0.3) is 0 Å². The highest BCUT2D eigenvalue weighted by Gasteiger charge is 2.30. The van der Waals surface area contributed by atoms with E-state index < -0.39 is 0 Å². The number of nitro groups is 1. The van der Waals surface area contributed by atoms with E-state index in [9.17, 15) is 10.1 Å². The molecule has 21 heavy (non-hydrogen) atoms. The maximum Gasteiger partial charge on any atom is 0.271 e. The summed E-state index contributed by atoms with van der Waals surface area (Å²) in [4.78, 5) is 15.2. The summed E-state index contributed by atoms with van der Waals surface area (Å²) in [5.74, 6) is 0. The van der Waals surface area contributed by atoms with Gasteiger partial charge >= 0.3 is 0 Å². The highest BCUT2D eigenvalue weighted by Crippen LogP contribution is 2.40. The molecule has 0 fully saturated rings. The van der Waals surface area contributed by atoms with Crippen molar-refractivity contribution in [2.75, 3.05) is 38.6 Å². The second-order valence-corrected chi connectivity index (χ2v) is 6.74. The summed E-state index contributed by atoms with van der Waals surface area (Å²) in [6.07, 6.45) is 2.22. The number of likely N-dealkylation sites (N-methyl/N-ethyl adjacent to an activating group) is 1. The van der Waals surface area contributed by atoms with Gasteiger partial charge in [-0.15, -0.1) is 0 Å². The topological polar surface area (TPSA) is 49.6 Å². The molecule has 0 amide bonds. The number of nitro benzene ring substituents is 1. The van der Waals surface area contributed by atoms with Crippen molar-refractivity contribution >= 4 is 11.4 Å². The smallest absolute Gasteiger partial charge is 0.271 e. The fourth-order valence-corrected chi connectivity index (χ4v) is 2.99. The zero-order chi connectivity index (χ0) is 15.6. The third-order valence-electron chi connectivity index (χ3n) is 4.31. The molecular formula is C16H25N3O2. The molecule has 0 atom stereocenters. The van der Waals surface area contributed by atoms with Gasteiger partial charge in [0.15, 0.2) is 0 Å². The van der Waals surface area contributed by atoms with Gasteiger partial charge in [-0.2, -0.15) is 0 Å². The molecule has 0 spiro atoms. The molecule has 0 unspecified atom stereocenters. The molecule has 5 heteroatoms. The van der Waals surface area contributed by atoms with Crippen LogP contribution < -0.4 is 4.90 Å². The van der Waals surface area contributed by atoms with Crippen molar-refractivity contribution in [1.82, 2.24) is 4.90 Å². The van der Waals surface area contributed by atoms with Crippen LogP contribution in [0.3, 0.4) is 0 Å². The predicted molar refractivity (Wildman–Crippen MR) is 86.1 cm³/mol. The molecule has 0 aromatic heterocycles. The van der Waals surface area contributed by atoms with Gasteiger partial charge in [0.2, 0.25) is 0 Å². The van der Waals surface area contributed by atoms with Crippen molar-refractivity contribution in [3.63, 3.8) is 0 Å². The average molecular weight is 291 g/mol. The van der Waals surface area contributed by atoms with Crippen LogP contribution in [0.4, 0.5) is 11.4 Å². The minimum absolute atomic E-state index is 0.0668. The fourth-order valence-electron chi connectivity index (χ4n) is 2.99. The minimum atomic E-state index is -0.303. The Morgan fingerprint density at radius 2 is 2.10 bits per heavy atom. The third-order valence-corrected chi connectivity index (χ3v) is 4.31. The van der Waals surface area contributed by atoms with Crippen molar-refractivity contribution in [3.8, 4) is 0 Å². The number of rotatable bonds is 4. The SMILES string of the molecule is CN(C)CCN1CCCC(C)(C)c2ccc([N+](=O)[O-])cc21. The van der Waals surface area contributed by atoms with E-state index in [-0.39, 0.29) is 16.0 Å². The molecule has 0 aliphatic carbocycles. The van der Waals surface area contributed by atoms with Gasteiger partial charge in [0, 0.05) is 37.5 Å². The van der Waals surface area contributed by atoms with Crippen LogP contribution in [0.2, 0.25) is 0 Å². The first-order valence-electron chi connectivity index (χ1n) is 7.50. The summed E-state index contributed by atoms with van der Waals surface area (Å²) in [6, 6.07) is 5.33. The maximum absolute atomic E-state index is 11.1. The maximum atomic E-state index is 11.1. The predicted octanol–water partition coefficient (Wildman–Crippen LogP) is 3.03. The number of hydrogen-bond acceptors (Lipinski definition) is 4. The molecule has 2 rings (SSSR count). The Labute approximate surface area is 126 Å². The lowest BCUT2D eigenvalue weighted by Gasteiger charge is -2.29. The molecule has 1 aromatic rings. The van der Waals surface area contributed by atoms with Crippen molar-refractivity contribution in [2.24, 2.45) is 0 Å². The van der Waals surface area contributed by atoms with E-state index in [2.05, 4.69) is 37.7 Å². The van der Waals surface area contributed by atoms with Gasteiger partial charge in [0.05, 0.1) is 4.92 Å². The zero-order valence-corrected chi connectivity index (χ0v) is 13.4. The number of non-ortho nitro benzene ring substituents is 1. The molecule has 1 aliphatic rings. The fraction of sp³-hybridized carbons (Fsp3) is 0.625. The first kappa shape index (κ1) is 15.8. The van der Waals surface area contributed by atoms with E-state index in [4.69, 9.17) is 0 Å². The number of nitrogens with zero attached hydrogens (tertiary/aromatic N) is 3. The highest BCUT2D eigenvalue weighted by molar-refractivity contribution is 5.62. The lowest BCUT2D eigenvalue weighted by molar-refractivity contribution is -0.384. The summed E-state index contributed by atoms with van der Waals surface area (Å²) in [5.41, 5.74) is 2.51. The quantitative estimate of drug-likeness (QED) is 0.632. The van der Waals surface area contributed by atoms with Crippen molar-refractivity contribution in [2.45, 2.75) is 32.1 Å². The Kier molecular flexibility index (Phi) is 4.52. The van der Waals surface area contributed by atoms with Crippen LogP contribution in [0, 0.1) is 10.1 Å². The number of benzene rings is 1. The van der Waals surface area contributed by atoms with Crippen LogP contribution in [-0.4, -0.2) is 43.6 Å². The van der Waals surface area contributed by atoms with Gasteiger partial charge < -0.3 is 9.80 Å². The zero-order valence-electron chi connectivity index (χ0n) is 13.4. The highest BCUT2D eigenvalue weighted by atomic mass is 16.6. The van der Waals surface area contributed by atoms with Crippen LogP contribution in [0.1, 0.15) is 32.3 Å². The van der Waals surface area contributed by atoms with E-state index >= 15 is 0 Å². The monoisotopic (exact) mass is 291 g/mol. The Morgan fingerprint density at radius 1 is 1.38 bits per heavy atom. The lowest BCUT2D eigenvalue weighted by atomic mass is 9.80. The van der Waals surface area contributed by atoms with Crippen LogP contribution in [-0.2, 0) is 5.41 Å². The Hall–Kier alpha value is -1.62. The molecule has 1 aliphatic heterocycles. The van der Waals surface area contributed by atoms with E-state index in [1.54, 1.807) is 12.1 Å². The Balaban J connectivity index is 2.42. The molecule has 0 saturated carbocycles. The first-order chi connectivity index (χ1) is 9.81. The first-order valence-corrected chi connectivity index (χ1v) is 7.50. The lowest BCUT2D eigenvalue weighted by Crippen LogP contribution is -2.32. The standard InChI is InChI=1S/C16H25N3O2/c1-16(2)8-5-9-18(11-10-17(3)4)15-12-13(19(20)21)6-7-14(15)16/h6-7,12H,5,8-11H2,1-4H3. The van der Waals surface area contributed by atoms with Crippen molar-refractivity contribution < 1.29 is 4.92 Å². The van der Waals surface area contributed by atoms with Gasteiger partial charge in [0.1, 0.15) is 0 Å². The molecule has 1 heterocycles. The molecular weight excluding hydrogens is 266 g/mol. The summed E-state index contributed by atoms with van der Waals surface area (Å²) in [7, 11) is 4.10. The number of anilines is 1. The van der Waals surface area contributed by atoms with Gasteiger partial charge in [-0.25, -0.2) is 0 Å². The van der Waals surface area contributed by atoms with E-state index in [0.717, 1.165) is 38.2 Å². The van der Waals surface area contributed by atoms with E-state index in [0.29, 0.717) is 0 Å². The van der Waals surface area contributed by atoms with Gasteiger partial charge in [-0.05, 0) is 44.0 Å². The summed E-state index contributed by atoms with van der Waals surface area (Å²) >= 11 is 0. The van der Waals surface area contributed by atoms with Crippen LogP contribution >= 0.6 is 0 Å². The summed E-state index contributed by atoms with van der Waals surface area (Å²) in [6.45, 7) is 7.27. The van der Waals surface area contributed by atoms with Crippen LogP contribution in [0.15, 0.2) is 18.2 Å². The Morgan fingerprint density at radius 3 is 2.71 bits per heavy atom. The number of hydrogen-bond donors (Lipinski definition) is 0. The molecule has 116 valence electrons.